The van der Waals surface area contributed by atoms with Crippen molar-refractivity contribution in [3.63, 3.8) is 0 Å². The smallest absolute Gasteiger partial charge is 0.153 e. The number of hydrogen-bond donors (Lipinski definition) is 1. The molecule has 0 aliphatic rings. The van der Waals surface area contributed by atoms with Gasteiger partial charge in [0.1, 0.15) is 0 Å². The number of hydrogen-bond acceptors (Lipinski definition) is 2. The number of carbonyl (C=O) groups is 1. The van der Waals surface area contributed by atoms with Crippen molar-refractivity contribution < 1.29 is 4.79 Å². The van der Waals surface area contributed by atoms with Crippen molar-refractivity contribution in [1.29, 1.82) is 0 Å². The summed E-state index contributed by atoms with van der Waals surface area (Å²) in [6.45, 7) is 5.78. The Bertz CT molecular complexity index is 322. The number of carbonyl (C=O) groups excluding carboxylic acids is 1. The van der Waals surface area contributed by atoms with E-state index >= 15 is 0 Å². The van der Waals surface area contributed by atoms with Crippen LogP contribution in [0.15, 0.2) is 18.2 Å². The second kappa shape index (κ2) is 4.38. The van der Waals surface area contributed by atoms with E-state index in [4.69, 9.17) is 5.73 Å². The minimum absolute atomic E-state index is 0.0994. The molecule has 76 valence electrons. The first-order valence-corrected chi connectivity index (χ1v) is 4.85. The van der Waals surface area contributed by atoms with Gasteiger partial charge in [0.05, 0.1) is 6.04 Å². The van der Waals surface area contributed by atoms with E-state index in [1.54, 1.807) is 6.92 Å². The third-order valence-corrected chi connectivity index (χ3v) is 2.50. The van der Waals surface area contributed by atoms with Crippen molar-refractivity contribution >= 4 is 5.78 Å². The molecule has 0 spiro atoms. The number of nitrogens with two attached hydrogens (primary N) is 1. The van der Waals surface area contributed by atoms with Gasteiger partial charge in [-0.2, -0.15) is 0 Å². The number of benzene rings is 1. The molecule has 1 rings (SSSR count). The standard InChI is InChI=1S/C12H17NO/c1-8-5-4-6-9(2)11(8)7-12(14)10(3)13/h4-6,10H,7,13H2,1-3H3. The minimum Gasteiger partial charge on any atom is -0.322 e. The lowest BCUT2D eigenvalue weighted by atomic mass is 9.96. The summed E-state index contributed by atoms with van der Waals surface area (Å²) in [5, 5.41) is 0. The van der Waals surface area contributed by atoms with Crippen molar-refractivity contribution in [3.8, 4) is 0 Å². The maximum atomic E-state index is 11.5. The van der Waals surface area contributed by atoms with Crippen LogP contribution in [0.25, 0.3) is 0 Å². The Morgan fingerprint density at radius 1 is 1.36 bits per heavy atom. The van der Waals surface area contributed by atoms with Gasteiger partial charge in [0.25, 0.3) is 0 Å². The van der Waals surface area contributed by atoms with Gasteiger partial charge in [0, 0.05) is 6.42 Å². The molecule has 0 bridgehead atoms. The van der Waals surface area contributed by atoms with Crippen LogP contribution >= 0.6 is 0 Å². The Morgan fingerprint density at radius 3 is 2.29 bits per heavy atom. The maximum Gasteiger partial charge on any atom is 0.153 e. The normalized spacial score (nSPS) is 12.6. The van der Waals surface area contributed by atoms with Crippen molar-refractivity contribution in [3.05, 3.63) is 34.9 Å². The quantitative estimate of drug-likeness (QED) is 0.791. The topological polar surface area (TPSA) is 43.1 Å². The molecule has 0 heterocycles. The van der Waals surface area contributed by atoms with E-state index < -0.39 is 0 Å². The molecule has 14 heavy (non-hydrogen) atoms. The maximum absolute atomic E-state index is 11.5. The zero-order valence-corrected chi connectivity index (χ0v) is 9.00. The summed E-state index contributed by atoms with van der Waals surface area (Å²) >= 11 is 0. The van der Waals surface area contributed by atoms with Crippen molar-refractivity contribution in [1.82, 2.24) is 0 Å². The molecule has 1 unspecified atom stereocenters. The summed E-state index contributed by atoms with van der Waals surface area (Å²) in [6, 6.07) is 5.69. The van der Waals surface area contributed by atoms with Crippen LogP contribution in [-0.2, 0) is 11.2 Å². The molecular weight excluding hydrogens is 174 g/mol. The SMILES string of the molecule is Cc1cccc(C)c1CC(=O)C(C)N. The highest BCUT2D eigenvalue weighted by Gasteiger charge is 2.11. The lowest BCUT2D eigenvalue weighted by Gasteiger charge is -2.10. The van der Waals surface area contributed by atoms with Crippen molar-refractivity contribution in [2.75, 3.05) is 0 Å². The minimum atomic E-state index is -0.367. The van der Waals surface area contributed by atoms with Crippen LogP contribution in [0.5, 0.6) is 0 Å². The highest BCUT2D eigenvalue weighted by Crippen LogP contribution is 2.14. The van der Waals surface area contributed by atoms with Gasteiger partial charge in [-0.15, -0.1) is 0 Å². The monoisotopic (exact) mass is 191 g/mol. The fourth-order valence-electron chi connectivity index (χ4n) is 1.46. The Morgan fingerprint density at radius 2 is 1.86 bits per heavy atom. The zero-order valence-electron chi connectivity index (χ0n) is 9.00. The third-order valence-electron chi connectivity index (χ3n) is 2.50. The van der Waals surface area contributed by atoms with Crippen LogP contribution in [0.4, 0.5) is 0 Å². The van der Waals surface area contributed by atoms with Gasteiger partial charge in [-0.25, -0.2) is 0 Å². The van der Waals surface area contributed by atoms with Gasteiger partial charge < -0.3 is 5.73 Å². The van der Waals surface area contributed by atoms with E-state index in [9.17, 15) is 4.79 Å². The number of Topliss-reactive ketones (excluding diaryl/α,β-unsaturated/α-hetero) is 1. The molecule has 0 amide bonds. The highest BCUT2D eigenvalue weighted by molar-refractivity contribution is 5.86. The second-order valence-electron chi connectivity index (χ2n) is 3.80. The van der Waals surface area contributed by atoms with E-state index in [-0.39, 0.29) is 11.8 Å². The van der Waals surface area contributed by atoms with Crippen LogP contribution in [-0.4, -0.2) is 11.8 Å². The predicted molar refractivity (Wildman–Crippen MR) is 58.3 cm³/mol. The lowest BCUT2D eigenvalue weighted by molar-refractivity contribution is -0.119. The third kappa shape index (κ3) is 2.42. The number of ketones is 1. The van der Waals surface area contributed by atoms with Crippen molar-refractivity contribution in [2.24, 2.45) is 5.73 Å². The number of aryl methyl sites for hydroxylation is 2. The molecule has 2 heteroatoms. The fraction of sp³-hybridized carbons (Fsp3) is 0.417. The predicted octanol–water partition coefficient (Wildman–Crippen LogP) is 1.76. The van der Waals surface area contributed by atoms with E-state index in [0.717, 1.165) is 5.56 Å². The van der Waals surface area contributed by atoms with Gasteiger partial charge >= 0.3 is 0 Å². The molecule has 0 aliphatic heterocycles. The molecule has 0 aromatic heterocycles. The second-order valence-corrected chi connectivity index (χ2v) is 3.80. The van der Waals surface area contributed by atoms with E-state index in [2.05, 4.69) is 0 Å². The molecule has 0 aliphatic carbocycles. The lowest BCUT2D eigenvalue weighted by Crippen LogP contribution is -2.28. The first-order valence-electron chi connectivity index (χ1n) is 4.85. The Balaban J connectivity index is 2.91. The van der Waals surface area contributed by atoms with Gasteiger partial charge in [0.2, 0.25) is 0 Å². The molecule has 1 aromatic rings. The van der Waals surface area contributed by atoms with E-state index in [1.807, 2.05) is 32.0 Å². The Labute approximate surface area is 85.1 Å². The summed E-state index contributed by atoms with van der Waals surface area (Å²) < 4.78 is 0. The zero-order chi connectivity index (χ0) is 10.7. The van der Waals surface area contributed by atoms with Crippen LogP contribution in [0.3, 0.4) is 0 Å². The van der Waals surface area contributed by atoms with Crippen LogP contribution in [0.1, 0.15) is 23.6 Å². The molecule has 1 atom stereocenters. The molecule has 0 saturated heterocycles. The summed E-state index contributed by atoms with van der Waals surface area (Å²) in [7, 11) is 0. The van der Waals surface area contributed by atoms with Gasteiger partial charge in [-0.1, -0.05) is 18.2 Å². The van der Waals surface area contributed by atoms with Crippen LogP contribution in [0.2, 0.25) is 0 Å². The molecular formula is C12H17NO. The van der Waals surface area contributed by atoms with Gasteiger partial charge in [-0.3, -0.25) is 4.79 Å². The van der Waals surface area contributed by atoms with Gasteiger partial charge in [0.15, 0.2) is 5.78 Å². The van der Waals surface area contributed by atoms with Crippen LogP contribution < -0.4 is 5.73 Å². The summed E-state index contributed by atoms with van der Waals surface area (Å²) in [5.74, 6) is 0.0994. The average molecular weight is 191 g/mol. The first kappa shape index (κ1) is 10.9. The molecule has 0 saturated carbocycles. The Hall–Kier alpha value is -1.15. The van der Waals surface area contributed by atoms with Gasteiger partial charge in [-0.05, 0) is 37.5 Å². The Kier molecular flexibility index (Phi) is 3.42. The molecule has 0 fully saturated rings. The molecule has 2 N–H and O–H groups in total. The fourth-order valence-corrected chi connectivity index (χ4v) is 1.46. The van der Waals surface area contributed by atoms with E-state index in [1.165, 1.54) is 11.1 Å². The summed E-state index contributed by atoms with van der Waals surface area (Å²) in [6.07, 6.45) is 0.455. The number of rotatable bonds is 3. The highest BCUT2D eigenvalue weighted by atomic mass is 16.1. The van der Waals surface area contributed by atoms with Crippen LogP contribution in [0, 0.1) is 13.8 Å². The molecule has 1 aromatic carbocycles. The van der Waals surface area contributed by atoms with E-state index in [0.29, 0.717) is 6.42 Å². The largest absolute Gasteiger partial charge is 0.322 e. The van der Waals surface area contributed by atoms with Crippen molar-refractivity contribution in [2.45, 2.75) is 33.2 Å². The molecule has 2 nitrogen and oxygen atoms in total. The summed E-state index contributed by atoms with van der Waals surface area (Å²) in [4.78, 5) is 11.5. The first-order chi connectivity index (χ1) is 6.52. The average Bonchev–Trinajstić information content (AvgIpc) is 2.11. The molecule has 0 radical (unpaired) electrons. The summed E-state index contributed by atoms with van der Waals surface area (Å²) in [5.41, 5.74) is 8.99.